The van der Waals surface area contributed by atoms with Crippen LogP contribution in [0.2, 0.25) is 0 Å². The summed E-state index contributed by atoms with van der Waals surface area (Å²) in [6.07, 6.45) is -2.68. The first-order valence-electron chi connectivity index (χ1n) is 2.92. The zero-order valence-electron chi connectivity index (χ0n) is 5.64. The Morgan fingerprint density at radius 1 is 1.55 bits per heavy atom. The molecular weight excluding hydrogens is 265 g/mol. The highest BCUT2D eigenvalue weighted by Crippen LogP contribution is 2.02. The van der Waals surface area contributed by atoms with Crippen LogP contribution in [0.25, 0.3) is 0 Å². The van der Waals surface area contributed by atoms with E-state index < -0.39 is 28.6 Å². The van der Waals surface area contributed by atoms with Crippen LogP contribution in [-0.2, 0) is 4.79 Å². The second-order valence-electron chi connectivity index (χ2n) is 2.08. The topological polar surface area (TPSA) is 104 Å². The molecule has 0 aromatic heterocycles. The molecule has 0 spiro atoms. The third-order valence-corrected chi connectivity index (χ3v) is 1.87. The number of halogens is 1. The van der Waals surface area contributed by atoms with E-state index in [-0.39, 0.29) is 0 Å². The third-order valence-electron chi connectivity index (χ3n) is 1.23. The van der Waals surface area contributed by atoms with E-state index in [1.807, 2.05) is 0 Å². The zero-order valence-corrected chi connectivity index (χ0v) is 7.80. The van der Waals surface area contributed by atoms with Gasteiger partial charge in [-0.05, 0) is 0 Å². The summed E-state index contributed by atoms with van der Waals surface area (Å²) in [7, 11) is 0. The van der Waals surface area contributed by atoms with Gasteiger partial charge in [-0.2, -0.15) is 0 Å². The Labute approximate surface area is 77.3 Å². The molecule has 11 heavy (non-hydrogen) atoms. The highest BCUT2D eigenvalue weighted by Gasteiger charge is 2.26. The molecule has 0 aliphatic rings. The van der Waals surface area contributed by atoms with E-state index in [1.165, 1.54) is 22.6 Å². The van der Waals surface area contributed by atoms with Gasteiger partial charge < -0.3 is 21.1 Å². The number of carbonyl (C=O) groups excluding carboxylic acids is 1. The molecule has 0 rings (SSSR count). The van der Waals surface area contributed by atoms with Crippen molar-refractivity contribution < 1.29 is 20.1 Å². The number of aliphatic hydroxyl groups excluding tert-OH is 3. The molecule has 0 bridgehead atoms. The van der Waals surface area contributed by atoms with E-state index in [4.69, 9.17) is 21.1 Å². The SMILES string of the molecule is NC(C(O)CO)[C@H](O)C(=O)I. The maximum atomic E-state index is 10.5. The normalized spacial score (nSPS) is 19.0. The van der Waals surface area contributed by atoms with Gasteiger partial charge in [-0.15, -0.1) is 0 Å². The number of hydrogen-bond donors (Lipinski definition) is 4. The molecule has 5 nitrogen and oxygen atoms in total. The predicted octanol–water partition coefficient (Wildman–Crippen LogP) is -2.01. The summed E-state index contributed by atoms with van der Waals surface area (Å²) in [5, 5.41) is 26.2. The van der Waals surface area contributed by atoms with Gasteiger partial charge in [-0.1, -0.05) is 0 Å². The number of aliphatic hydroxyl groups is 3. The van der Waals surface area contributed by atoms with Crippen molar-refractivity contribution in [3.63, 3.8) is 0 Å². The molecule has 0 amide bonds. The number of rotatable bonds is 4. The van der Waals surface area contributed by atoms with Crippen LogP contribution >= 0.6 is 22.6 Å². The Kier molecular flexibility index (Phi) is 5.10. The molecule has 0 aliphatic carbocycles. The maximum Gasteiger partial charge on any atom is 0.222 e. The highest BCUT2D eigenvalue weighted by atomic mass is 127. The molecule has 2 unspecified atom stereocenters. The van der Waals surface area contributed by atoms with Crippen molar-refractivity contribution in [2.45, 2.75) is 18.2 Å². The molecule has 3 atom stereocenters. The van der Waals surface area contributed by atoms with Crippen LogP contribution in [0.5, 0.6) is 0 Å². The first kappa shape index (κ1) is 11.2. The fourth-order valence-electron chi connectivity index (χ4n) is 0.483. The van der Waals surface area contributed by atoms with Gasteiger partial charge in [-0.25, -0.2) is 0 Å². The summed E-state index contributed by atoms with van der Waals surface area (Å²) in [5.41, 5.74) is 5.19. The molecule has 0 saturated carbocycles. The van der Waals surface area contributed by atoms with Crippen molar-refractivity contribution >= 4 is 26.4 Å². The van der Waals surface area contributed by atoms with E-state index in [9.17, 15) is 4.79 Å². The van der Waals surface area contributed by atoms with Gasteiger partial charge in [0.25, 0.3) is 0 Å². The summed E-state index contributed by atoms with van der Waals surface area (Å²) in [4.78, 5) is 10.5. The number of nitrogens with two attached hydrogens (primary N) is 1. The number of hydrogen-bond acceptors (Lipinski definition) is 5. The molecule has 0 aromatic rings. The van der Waals surface area contributed by atoms with E-state index in [2.05, 4.69) is 0 Å². The lowest BCUT2D eigenvalue weighted by molar-refractivity contribution is -0.119. The van der Waals surface area contributed by atoms with Gasteiger partial charge >= 0.3 is 0 Å². The monoisotopic (exact) mass is 275 g/mol. The second-order valence-corrected chi connectivity index (χ2v) is 3.14. The molecule has 5 N–H and O–H groups in total. The molecule has 66 valence electrons. The van der Waals surface area contributed by atoms with Gasteiger partial charge in [-0.3, -0.25) is 4.79 Å². The molecule has 0 aromatic carbocycles. The molecule has 0 radical (unpaired) electrons. The first-order valence-corrected chi connectivity index (χ1v) is 4.00. The smallest absolute Gasteiger partial charge is 0.222 e. The van der Waals surface area contributed by atoms with E-state index >= 15 is 0 Å². The minimum absolute atomic E-state index is 0.553. The summed E-state index contributed by atoms with van der Waals surface area (Å²) in [6, 6.07) is -1.12. The molecule has 0 aliphatic heterocycles. The van der Waals surface area contributed by atoms with Crippen LogP contribution in [0.1, 0.15) is 0 Å². The van der Waals surface area contributed by atoms with Gasteiger partial charge in [0.2, 0.25) is 3.79 Å². The van der Waals surface area contributed by atoms with Crippen LogP contribution < -0.4 is 5.73 Å². The average Bonchev–Trinajstić information content (AvgIpc) is 2.00. The Morgan fingerprint density at radius 3 is 2.27 bits per heavy atom. The van der Waals surface area contributed by atoms with E-state index in [0.717, 1.165) is 0 Å². The van der Waals surface area contributed by atoms with Crippen molar-refractivity contribution in [2.24, 2.45) is 5.73 Å². The Morgan fingerprint density at radius 2 is 2.00 bits per heavy atom. The van der Waals surface area contributed by atoms with Gasteiger partial charge in [0.05, 0.1) is 18.8 Å². The van der Waals surface area contributed by atoms with E-state index in [0.29, 0.717) is 0 Å². The molecule has 0 saturated heterocycles. The largest absolute Gasteiger partial charge is 0.394 e. The Bertz CT molecular complexity index is 142. The van der Waals surface area contributed by atoms with Crippen LogP contribution in [0.3, 0.4) is 0 Å². The molecular formula is C5H10INO4. The van der Waals surface area contributed by atoms with Crippen molar-refractivity contribution in [2.75, 3.05) is 6.61 Å². The fraction of sp³-hybridized carbons (Fsp3) is 0.800. The van der Waals surface area contributed by atoms with Gasteiger partial charge in [0.15, 0.2) is 0 Å². The maximum absolute atomic E-state index is 10.5. The summed E-state index contributed by atoms with van der Waals surface area (Å²) in [5.74, 6) is 0. The summed E-state index contributed by atoms with van der Waals surface area (Å²) >= 11 is 1.37. The average molecular weight is 275 g/mol. The van der Waals surface area contributed by atoms with Crippen molar-refractivity contribution in [1.29, 1.82) is 0 Å². The van der Waals surface area contributed by atoms with Crippen LogP contribution in [0.4, 0.5) is 0 Å². The minimum atomic E-state index is -1.42. The number of carbonyl (C=O) groups is 1. The van der Waals surface area contributed by atoms with Crippen molar-refractivity contribution in [3.8, 4) is 0 Å². The van der Waals surface area contributed by atoms with Crippen molar-refractivity contribution in [1.82, 2.24) is 0 Å². The predicted molar refractivity (Wildman–Crippen MR) is 46.1 cm³/mol. The summed E-state index contributed by atoms with van der Waals surface area (Å²) in [6.45, 7) is -0.567. The highest BCUT2D eigenvalue weighted by molar-refractivity contribution is 14.1. The lowest BCUT2D eigenvalue weighted by Gasteiger charge is -2.19. The van der Waals surface area contributed by atoms with Crippen LogP contribution in [0, 0.1) is 0 Å². The summed E-state index contributed by atoms with van der Waals surface area (Å²) < 4.78 is -0.553. The lowest BCUT2D eigenvalue weighted by Crippen LogP contribution is -2.48. The van der Waals surface area contributed by atoms with Gasteiger partial charge in [0, 0.05) is 22.6 Å². The second kappa shape index (κ2) is 4.99. The zero-order chi connectivity index (χ0) is 9.02. The quantitative estimate of drug-likeness (QED) is 0.350. The van der Waals surface area contributed by atoms with Crippen molar-refractivity contribution in [3.05, 3.63) is 0 Å². The fourth-order valence-corrected chi connectivity index (χ4v) is 0.899. The minimum Gasteiger partial charge on any atom is -0.394 e. The standard InChI is InChI=1S/C5H10INO4/c6-5(11)4(10)3(7)2(9)1-8/h2-4,8-10H,1,7H2/t2?,3?,4-/m0/s1. The first-order chi connectivity index (χ1) is 5.00. The van der Waals surface area contributed by atoms with Crippen LogP contribution in [0.15, 0.2) is 0 Å². The third kappa shape index (κ3) is 3.43. The lowest BCUT2D eigenvalue weighted by atomic mass is 10.1. The van der Waals surface area contributed by atoms with E-state index in [1.54, 1.807) is 0 Å². The molecule has 0 heterocycles. The molecule has 0 fully saturated rings. The Hall–Kier alpha value is 0.240. The molecule has 6 heteroatoms. The Balaban J connectivity index is 4.00. The van der Waals surface area contributed by atoms with Crippen LogP contribution in [-0.4, -0.2) is 44.0 Å². The van der Waals surface area contributed by atoms with Gasteiger partial charge in [0.1, 0.15) is 6.10 Å².